The molecule has 1 aromatic rings. The van der Waals surface area contributed by atoms with E-state index in [1.165, 1.54) is 0 Å². The van der Waals surface area contributed by atoms with Crippen LogP contribution in [0.2, 0.25) is 0 Å². The first kappa shape index (κ1) is 10.2. The molecule has 0 atom stereocenters. The SMILES string of the molecule is CCOC(=O)c1cc(O)c(N)c(O)c1. The van der Waals surface area contributed by atoms with Gasteiger partial charge in [0.1, 0.15) is 17.2 Å². The van der Waals surface area contributed by atoms with Crippen molar-refractivity contribution in [1.29, 1.82) is 0 Å². The lowest BCUT2D eigenvalue weighted by atomic mass is 10.2. The third kappa shape index (κ3) is 1.87. The van der Waals surface area contributed by atoms with Gasteiger partial charge in [0, 0.05) is 0 Å². The van der Waals surface area contributed by atoms with E-state index in [4.69, 9.17) is 5.73 Å². The standard InChI is InChI=1S/C9H11NO4/c1-2-14-9(13)5-3-6(11)8(10)7(12)4-5/h3-4,11-12H,2,10H2,1H3. The highest BCUT2D eigenvalue weighted by Gasteiger charge is 2.12. The highest BCUT2D eigenvalue weighted by atomic mass is 16.5. The number of rotatable bonds is 2. The maximum Gasteiger partial charge on any atom is 0.338 e. The zero-order valence-electron chi connectivity index (χ0n) is 7.65. The van der Waals surface area contributed by atoms with Gasteiger partial charge in [-0.15, -0.1) is 0 Å². The van der Waals surface area contributed by atoms with Gasteiger partial charge >= 0.3 is 5.97 Å². The predicted molar refractivity (Wildman–Crippen MR) is 50.1 cm³/mol. The van der Waals surface area contributed by atoms with E-state index in [2.05, 4.69) is 4.74 Å². The molecular weight excluding hydrogens is 186 g/mol. The molecule has 0 amide bonds. The summed E-state index contributed by atoms with van der Waals surface area (Å²) in [5.74, 6) is -1.29. The van der Waals surface area contributed by atoms with Gasteiger partial charge in [-0.3, -0.25) is 0 Å². The summed E-state index contributed by atoms with van der Waals surface area (Å²) in [7, 11) is 0. The van der Waals surface area contributed by atoms with Crippen LogP contribution in [-0.4, -0.2) is 22.8 Å². The molecule has 0 saturated carbocycles. The van der Waals surface area contributed by atoms with Crippen molar-refractivity contribution >= 4 is 11.7 Å². The van der Waals surface area contributed by atoms with Crippen LogP contribution in [0, 0.1) is 0 Å². The highest BCUT2D eigenvalue weighted by molar-refractivity contribution is 5.91. The smallest absolute Gasteiger partial charge is 0.338 e. The number of benzene rings is 1. The summed E-state index contributed by atoms with van der Waals surface area (Å²) in [6.07, 6.45) is 0. The van der Waals surface area contributed by atoms with Crippen molar-refractivity contribution in [3.8, 4) is 11.5 Å². The van der Waals surface area contributed by atoms with E-state index >= 15 is 0 Å². The fourth-order valence-corrected chi connectivity index (χ4v) is 0.955. The molecule has 0 aliphatic heterocycles. The molecule has 76 valence electrons. The van der Waals surface area contributed by atoms with Gasteiger partial charge in [-0.2, -0.15) is 0 Å². The summed E-state index contributed by atoms with van der Waals surface area (Å²) in [6.45, 7) is 1.89. The second-order valence-corrected chi connectivity index (χ2v) is 2.65. The van der Waals surface area contributed by atoms with E-state index in [1.807, 2.05) is 0 Å². The normalized spacial score (nSPS) is 9.79. The number of carbonyl (C=O) groups excluding carboxylic acids is 1. The number of phenolic OH excluding ortho intramolecular Hbond substituents is 2. The second-order valence-electron chi connectivity index (χ2n) is 2.65. The summed E-state index contributed by atoms with van der Waals surface area (Å²) in [5.41, 5.74) is 5.18. The molecule has 0 radical (unpaired) electrons. The molecule has 14 heavy (non-hydrogen) atoms. The number of anilines is 1. The Labute approximate surface area is 80.7 Å². The number of aromatic hydroxyl groups is 2. The minimum Gasteiger partial charge on any atom is -0.506 e. The summed E-state index contributed by atoms with van der Waals surface area (Å²) in [6, 6.07) is 2.29. The molecule has 0 aliphatic carbocycles. The monoisotopic (exact) mass is 197 g/mol. The molecule has 1 rings (SSSR count). The van der Waals surface area contributed by atoms with Crippen molar-refractivity contribution < 1.29 is 19.7 Å². The van der Waals surface area contributed by atoms with Gasteiger partial charge < -0.3 is 20.7 Å². The zero-order chi connectivity index (χ0) is 10.7. The Hall–Kier alpha value is -1.91. The molecular formula is C9H11NO4. The van der Waals surface area contributed by atoms with E-state index in [0.29, 0.717) is 0 Å². The lowest BCUT2D eigenvalue weighted by Gasteiger charge is -2.05. The molecule has 0 bridgehead atoms. The molecule has 0 saturated heterocycles. The molecule has 0 aliphatic rings. The van der Waals surface area contributed by atoms with E-state index in [1.54, 1.807) is 6.92 Å². The number of carbonyl (C=O) groups is 1. The van der Waals surface area contributed by atoms with E-state index in [-0.39, 0.29) is 29.4 Å². The summed E-state index contributed by atoms with van der Waals surface area (Å²) >= 11 is 0. The molecule has 5 nitrogen and oxygen atoms in total. The van der Waals surface area contributed by atoms with Gasteiger partial charge in [0.15, 0.2) is 0 Å². The summed E-state index contributed by atoms with van der Waals surface area (Å²) in [5, 5.41) is 18.4. The number of ether oxygens (including phenoxy) is 1. The minimum absolute atomic E-state index is 0.0658. The number of phenols is 2. The average Bonchev–Trinajstić information content (AvgIpc) is 2.13. The van der Waals surface area contributed by atoms with Crippen LogP contribution < -0.4 is 5.73 Å². The Morgan fingerprint density at radius 3 is 2.36 bits per heavy atom. The third-order valence-corrected chi connectivity index (χ3v) is 1.65. The Morgan fingerprint density at radius 1 is 1.43 bits per heavy atom. The van der Waals surface area contributed by atoms with Crippen molar-refractivity contribution in [2.45, 2.75) is 6.92 Å². The Kier molecular flexibility index (Phi) is 2.81. The van der Waals surface area contributed by atoms with Crippen LogP contribution in [0.4, 0.5) is 5.69 Å². The van der Waals surface area contributed by atoms with Crippen molar-refractivity contribution in [2.24, 2.45) is 0 Å². The molecule has 0 fully saturated rings. The first-order valence-electron chi connectivity index (χ1n) is 4.04. The van der Waals surface area contributed by atoms with Crippen LogP contribution in [0.25, 0.3) is 0 Å². The van der Waals surface area contributed by atoms with Crippen LogP contribution in [0.3, 0.4) is 0 Å². The van der Waals surface area contributed by atoms with Gasteiger partial charge in [0.2, 0.25) is 0 Å². The Bertz CT molecular complexity index is 339. The minimum atomic E-state index is -0.613. The van der Waals surface area contributed by atoms with Gasteiger partial charge in [0.25, 0.3) is 0 Å². The first-order chi connectivity index (χ1) is 6.56. The molecule has 0 unspecified atom stereocenters. The van der Waals surface area contributed by atoms with Crippen molar-refractivity contribution in [1.82, 2.24) is 0 Å². The highest BCUT2D eigenvalue weighted by Crippen LogP contribution is 2.31. The van der Waals surface area contributed by atoms with E-state index < -0.39 is 5.97 Å². The van der Waals surface area contributed by atoms with Crippen LogP contribution in [0.1, 0.15) is 17.3 Å². The largest absolute Gasteiger partial charge is 0.506 e. The lowest BCUT2D eigenvalue weighted by Crippen LogP contribution is -2.04. The van der Waals surface area contributed by atoms with Crippen LogP contribution in [-0.2, 0) is 4.74 Å². The number of hydrogen-bond donors (Lipinski definition) is 3. The van der Waals surface area contributed by atoms with Crippen molar-refractivity contribution in [3.05, 3.63) is 17.7 Å². The summed E-state index contributed by atoms with van der Waals surface area (Å²) in [4.78, 5) is 11.2. The van der Waals surface area contributed by atoms with Crippen LogP contribution in [0.5, 0.6) is 11.5 Å². The fraction of sp³-hybridized carbons (Fsp3) is 0.222. The number of hydrogen-bond acceptors (Lipinski definition) is 5. The van der Waals surface area contributed by atoms with Crippen molar-refractivity contribution in [2.75, 3.05) is 12.3 Å². The molecule has 5 heteroatoms. The quantitative estimate of drug-likeness (QED) is 0.371. The van der Waals surface area contributed by atoms with Gasteiger partial charge in [0.05, 0.1) is 12.2 Å². The third-order valence-electron chi connectivity index (χ3n) is 1.65. The maximum atomic E-state index is 11.2. The predicted octanol–water partition coefficient (Wildman–Crippen LogP) is 0.857. The second kappa shape index (κ2) is 3.87. The van der Waals surface area contributed by atoms with Crippen molar-refractivity contribution in [3.63, 3.8) is 0 Å². The topological polar surface area (TPSA) is 92.8 Å². The van der Waals surface area contributed by atoms with Crippen LogP contribution in [0.15, 0.2) is 12.1 Å². The Balaban J connectivity index is 3.06. The zero-order valence-corrected chi connectivity index (χ0v) is 7.65. The first-order valence-corrected chi connectivity index (χ1v) is 4.04. The van der Waals surface area contributed by atoms with E-state index in [0.717, 1.165) is 12.1 Å². The molecule has 1 aromatic carbocycles. The summed E-state index contributed by atoms with van der Waals surface area (Å²) < 4.78 is 4.68. The average molecular weight is 197 g/mol. The number of nitrogens with two attached hydrogens (primary N) is 1. The van der Waals surface area contributed by atoms with Gasteiger partial charge in [-0.25, -0.2) is 4.79 Å². The molecule has 0 spiro atoms. The maximum absolute atomic E-state index is 11.2. The number of nitrogen functional groups attached to an aromatic ring is 1. The van der Waals surface area contributed by atoms with Gasteiger partial charge in [-0.05, 0) is 19.1 Å². The molecule has 0 heterocycles. The van der Waals surface area contributed by atoms with Crippen LogP contribution >= 0.6 is 0 Å². The number of esters is 1. The Morgan fingerprint density at radius 2 is 1.93 bits per heavy atom. The molecule has 4 N–H and O–H groups in total. The lowest BCUT2D eigenvalue weighted by molar-refractivity contribution is 0.0525. The molecule has 0 aromatic heterocycles. The van der Waals surface area contributed by atoms with Gasteiger partial charge in [-0.1, -0.05) is 0 Å². The fourth-order valence-electron chi connectivity index (χ4n) is 0.955. The van der Waals surface area contributed by atoms with E-state index in [9.17, 15) is 15.0 Å².